The molecule has 5 heterocycles. The molecule has 3 fully saturated rings. The molecule has 3 aliphatic carbocycles. The van der Waals surface area contributed by atoms with Gasteiger partial charge in [0.2, 0.25) is 0 Å². The van der Waals surface area contributed by atoms with Crippen LogP contribution in [0.1, 0.15) is 31.7 Å². The number of fused-ring (bicyclic) bond motifs is 5. The zero-order chi connectivity index (χ0) is 24.4. The van der Waals surface area contributed by atoms with E-state index >= 15 is 0 Å². The Morgan fingerprint density at radius 1 is 1.03 bits per heavy atom. The van der Waals surface area contributed by atoms with Crippen molar-refractivity contribution in [3.8, 4) is 22.6 Å². The number of carboxylic acids is 1. The van der Waals surface area contributed by atoms with Crippen molar-refractivity contribution in [3.05, 3.63) is 61.1 Å². The number of hydrogen-bond donors (Lipinski definition) is 2. The maximum atomic E-state index is 14.0. The number of aliphatic carboxylic acids is 1. The summed E-state index contributed by atoms with van der Waals surface area (Å²) in [6.45, 7) is 0. The lowest BCUT2D eigenvalue weighted by molar-refractivity contribution is -0.151. The highest BCUT2D eigenvalue weighted by Gasteiger charge is 2.48. The molecule has 0 unspecified atom stereocenters. The Kier molecular flexibility index (Phi) is 4.67. The number of nitrogens with zero attached hydrogens (tertiary/aromatic N) is 5. The fraction of sp³-hybridized carbons (Fsp3) is 0.296. The normalized spacial score (nSPS) is 23.5. The molecule has 0 amide bonds. The molecule has 0 radical (unpaired) electrons. The Morgan fingerprint density at radius 2 is 1.86 bits per heavy atom. The van der Waals surface area contributed by atoms with Gasteiger partial charge in [-0.05, 0) is 55.7 Å². The van der Waals surface area contributed by atoms with Crippen LogP contribution in [0.2, 0.25) is 0 Å². The van der Waals surface area contributed by atoms with E-state index in [1.165, 1.54) is 12.3 Å². The average Bonchev–Trinajstić information content (AvgIpc) is 3.50. The maximum Gasteiger partial charge on any atom is 0.308 e. The van der Waals surface area contributed by atoms with Gasteiger partial charge in [0, 0.05) is 46.7 Å². The summed E-state index contributed by atoms with van der Waals surface area (Å²) >= 11 is 0. The van der Waals surface area contributed by atoms with E-state index in [0.29, 0.717) is 28.1 Å². The fourth-order valence-electron chi connectivity index (χ4n) is 6.44. The highest BCUT2D eigenvalue weighted by atomic mass is 19.1. The van der Waals surface area contributed by atoms with Crippen LogP contribution >= 0.6 is 0 Å². The van der Waals surface area contributed by atoms with Gasteiger partial charge in [-0.15, -0.1) is 0 Å². The van der Waals surface area contributed by atoms with Crippen LogP contribution in [-0.4, -0.2) is 40.6 Å². The van der Waals surface area contributed by atoms with Gasteiger partial charge in [-0.2, -0.15) is 0 Å². The Balaban J connectivity index is 1.47. The number of halogens is 1. The van der Waals surface area contributed by atoms with Gasteiger partial charge in [-0.3, -0.25) is 9.78 Å². The highest BCUT2D eigenvalue weighted by Crippen LogP contribution is 2.52. The predicted octanol–water partition coefficient (Wildman–Crippen LogP) is 5.24. The van der Waals surface area contributed by atoms with Crippen LogP contribution in [0.5, 0.6) is 0 Å². The van der Waals surface area contributed by atoms with Gasteiger partial charge in [-0.25, -0.2) is 19.3 Å². The lowest BCUT2D eigenvalue weighted by Crippen LogP contribution is -2.44. The van der Waals surface area contributed by atoms with Gasteiger partial charge in [0.1, 0.15) is 17.1 Å². The Bertz CT molecular complexity index is 1620. The first-order valence-corrected chi connectivity index (χ1v) is 12.2. The molecule has 8 rings (SSSR count). The number of H-pyrrole nitrogens is 1. The minimum absolute atomic E-state index is 0.164. The predicted molar refractivity (Wildman–Crippen MR) is 131 cm³/mol. The summed E-state index contributed by atoms with van der Waals surface area (Å²) in [5.41, 5.74) is 3.52. The Morgan fingerprint density at radius 3 is 2.64 bits per heavy atom. The van der Waals surface area contributed by atoms with E-state index in [-0.39, 0.29) is 17.9 Å². The molecule has 3 aliphatic rings. The molecule has 0 aromatic carbocycles. The minimum atomic E-state index is -0.747. The SMILES string of the molecule is O=C(O)[C@@H]1C2CCC(CC2)[C@H]1n1cc(-c2ccccn2)c2cnc(-c3c[nH]c4ncc(F)cc34)nc21. The first-order chi connectivity index (χ1) is 17.6. The highest BCUT2D eigenvalue weighted by molar-refractivity contribution is 5.96. The lowest BCUT2D eigenvalue weighted by atomic mass is 9.61. The van der Waals surface area contributed by atoms with E-state index in [0.717, 1.165) is 42.3 Å². The molecule has 0 saturated heterocycles. The third-order valence-electron chi connectivity index (χ3n) is 8.03. The van der Waals surface area contributed by atoms with E-state index in [2.05, 4.69) is 24.5 Å². The van der Waals surface area contributed by atoms with E-state index in [1.807, 2.05) is 24.4 Å². The molecular weight excluding hydrogens is 459 g/mol. The molecule has 3 saturated carbocycles. The number of rotatable bonds is 4. The summed E-state index contributed by atoms with van der Waals surface area (Å²) in [5, 5.41) is 11.6. The first kappa shape index (κ1) is 21.2. The number of carboxylic acid groups (broad SMARTS) is 1. The van der Waals surface area contributed by atoms with Gasteiger partial charge < -0.3 is 14.7 Å². The molecule has 36 heavy (non-hydrogen) atoms. The number of carbonyl (C=O) groups is 1. The molecule has 9 heteroatoms. The molecule has 2 bridgehead atoms. The molecule has 0 aliphatic heterocycles. The van der Waals surface area contributed by atoms with Gasteiger partial charge in [0.15, 0.2) is 5.82 Å². The second-order valence-corrected chi connectivity index (χ2v) is 9.88. The monoisotopic (exact) mass is 482 g/mol. The van der Waals surface area contributed by atoms with Gasteiger partial charge >= 0.3 is 5.97 Å². The zero-order valence-electron chi connectivity index (χ0n) is 19.3. The largest absolute Gasteiger partial charge is 0.481 e. The summed E-state index contributed by atoms with van der Waals surface area (Å²) in [6.07, 6.45) is 12.4. The lowest BCUT2D eigenvalue weighted by Gasteiger charge is -2.47. The van der Waals surface area contributed by atoms with Crippen LogP contribution in [-0.2, 0) is 4.79 Å². The fourth-order valence-corrected chi connectivity index (χ4v) is 6.44. The van der Waals surface area contributed by atoms with Crippen molar-refractivity contribution >= 4 is 28.0 Å². The zero-order valence-corrected chi connectivity index (χ0v) is 19.3. The number of nitrogens with one attached hydrogen (secondary N) is 1. The van der Waals surface area contributed by atoms with Crippen LogP contribution in [0.15, 0.2) is 55.2 Å². The van der Waals surface area contributed by atoms with Crippen molar-refractivity contribution in [1.29, 1.82) is 0 Å². The van der Waals surface area contributed by atoms with E-state index < -0.39 is 17.7 Å². The van der Waals surface area contributed by atoms with E-state index in [9.17, 15) is 14.3 Å². The molecule has 5 aromatic heterocycles. The standard InChI is InChI=1S/C27H23FN6O2/c28-16-9-17-18(11-31-24(17)30-10-16)25-32-12-19-20(21-3-1-2-8-29-21)13-34(26(19)33-25)23-15-6-4-14(5-7-15)22(23)27(35)36/h1-3,8-15,22-23H,4-7H2,(H,30,31)(H,35,36)/t14?,15?,22-,23-/m1/s1. The van der Waals surface area contributed by atoms with Crippen molar-refractivity contribution in [1.82, 2.24) is 29.5 Å². The third kappa shape index (κ3) is 3.15. The second kappa shape index (κ2) is 7.94. The first-order valence-electron chi connectivity index (χ1n) is 12.2. The van der Waals surface area contributed by atoms with Gasteiger partial charge in [-0.1, -0.05) is 6.07 Å². The van der Waals surface area contributed by atoms with Gasteiger partial charge in [0.05, 0.1) is 23.9 Å². The van der Waals surface area contributed by atoms with Gasteiger partial charge in [0.25, 0.3) is 0 Å². The second-order valence-electron chi connectivity index (χ2n) is 9.88. The number of aromatic amines is 1. The molecule has 8 nitrogen and oxygen atoms in total. The van der Waals surface area contributed by atoms with Crippen LogP contribution < -0.4 is 0 Å². The van der Waals surface area contributed by atoms with Crippen LogP contribution in [0.4, 0.5) is 4.39 Å². The maximum absolute atomic E-state index is 14.0. The summed E-state index contributed by atoms with van der Waals surface area (Å²) in [7, 11) is 0. The van der Waals surface area contributed by atoms with E-state index in [1.54, 1.807) is 18.6 Å². The van der Waals surface area contributed by atoms with Crippen LogP contribution in [0.25, 0.3) is 44.7 Å². The number of hydrogen-bond acceptors (Lipinski definition) is 5. The average molecular weight is 483 g/mol. The minimum Gasteiger partial charge on any atom is -0.481 e. The Hall–Kier alpha value is -4.14. The number of aromatic nitrogens is 6. The summed E-state index contributed by atoms with van der Waals surface area (Å²) in [6, 6.07) is 6.95. The van der Waals surface area contributed by atoms with Crippen LogP contribution in [0, 0.1) is 23.6 Å². The number of pyridine rings is 2. The van der Waals surface area contributed by atoms with Crippen molar-refractivity contribution in [3.63, 3.8) is 0 Å². The smallest absolute Gasteiger partial charge is 0.308 e. The summed E-state index contributed by atoms with van der Waals surface area (Å²) in [4.78, 5) is 33.8. The van der Waals surface area contributed by atoms with E-state index in [4.69, 9.17) is 4.98 Å². The topological polar surface area (TPSA) is 110 Å². The molecular formula is C27H23FN6O2. The molecule has 2 atom stereocenters. The summed E-state index contributed by atoms with van der Waals surface area (Å²) < 4.78 is 16.0. The summed E-state index contributed by atoms with van der Waals surface area (Å²) in [5.74, 6) is -0.781. The van der Waals surface area contributed by atoms with Crippen molar-refractivity contribution in [2.45, 2.75) is 31.7 Å². The van der Waals surface area contributed by atoms with Crippen molar-refractivity contribution in [2.24, 2.45) is 17.8 Å². The molecule has 2 N–H and O–H groups in total. The Labute approximate surface area is 205 Å². The molecule has 5 aromatic rings. The third-order valence-corrected chi connectivity index (χ3v) is 8.03. The van der Waals surface area contributed by atoms with Crippen molar-refractivity contribution < 1.29 is 14.3 Å². The molecule has 180 valence electrons. The van der Waals surface area contributed by atoms with Crippen LogP contribution in [0.3, 0.4) is 0 Å². The quantitative estimate of drug-likeness (QED) is 0.363. The van der Waals surface area contributed by atoms with Crippen molar-refractivity contribution in [2.75, 3.05) is 0 Å². The molecule has 0 spiro atoms.